The summed E-state index contributed by atoms with van der Waals surface area (Å²) in [5, 5.41) is 3.37. The van der Waals surface area contributed by atoms with Crippen molar-refractivity contribution >= 4 is 21.7 Å². The smallest absolute Gasteiger partial charge is 0.160 e. The number of nitrogens with zero attached hydrogens (tertiary/aromatic N) is 3. The summed E-state index contributed by atoms with van der Waals surface area (Å²) in [6.07, 6.45) is 0. The molecule has 0 radical (unpaired) electrons. The zero-order valence-electron chi connectivity index (χ0n) is 30.5. The Bertz CT molecular complexity index is 2860. The first kappa shape index (κ1) is 33.1. The predicted octanol–water partition coefficient (Wildman–Crippen LogP) is 13.8. The monoisotopic (exact) mass is 713 g/mol. The highest BCUT2D eigenvalue weighted by molar-refractivity contribution is 6.18. The Morgan fingerprint density at radius 1 is 0.250 bits per heavy atom. The van der Waals surface area contributed by atoms with Crippen molar-refractivity contribution in [2.45, 2.75) is 0 Å². The largest absolute Gasteiger partial charge is 0.248 e. The summed E-state index contributed by atoms with van der Waals surface area (Å²) in [7, 11) is 0. The lowest BCUT2D eigenvalue weighted by molar-refractivity contribution is 1.18. The molecule has 56 heavy (non-hydrogen) atoms. The number of hydrogen-bond donors (Lipinski definition) is 0. The summed E-state index contributed by atoms with van der Waals surface area (Å²) < 4.78 is 0. The minimum absolute atomic E-state index is 0.671. The highest BCUT2D eigenvalue weighted by atomic mass is 14.9. The van der Waals surface area contributed by atoms with Gasteiger partial charge in [0, 0.05) is 27.6 Å². The van der Waals surface area contributed by atoms with Gasteiger partial charge < -0.3 is 0 Å². The third-order valence-electron chi connectivity index (χ3n) is 10.5. The van der Waals surface area contributed by atoms with Crippen LogP contribution in [0.4, 0.5) is 0 Å². The van der Waals surface area contributed by atoms with Crippen LogP contribution in [0.5, 0.6) is 0 Å². The summed E-state index contributed by atoms with van der Waals surface area (Å²) in [6, 6.07) is 74.4. The van der Waals surface area contributed by atoms with E-state index in [9.17, 15) is 0 Å². The SMILES string of the molecule is c1ccc(-c2ccc(-c3cc(-c4cc5nc(-c6ccccc6)cc(-c6ccccc6)c5c5ccccc45)nc(-c4ccc(-c5ccccc5)cc4)n3)cc2)cc1. The van der Waals surface area contributed by atoms with Crippen LogP contribution in [0.25, 0.3) is 100 Å². The number of fused-ring (bicyclic) bond motifs is 3. The molecule has 0 fully saturated rings. The van der Waals surface area contributed by atoms with Crippen LogP contribution >= 0.6 is 0 Å². The number of rotatable bonds is 7. The highest BCUT2D eigenvalue weighted by Gasteiger charge is 2.19. The average Bonchev–Trinajstić information content (AvgIpc) is 3.29. The summed E-state index contributed by atoms with van der Waals surface area (Å²) in [5.41, 5.74) is 14.6. The van der Waals surface area contributed by atoms with Gasteiger partial charge in [0.05, 0.1) is 22.6 Å². The average molecular weight is 714 g/mol. The Hall–Kier alpha value is -7.49. The number of aromatic nitrogens is 3. The lowest BCUT2D eigenvalue weighted by Crippen LogP contribution is -1.98. The second-order valence-corrected chi connectivity index (χ2v) is 14.0. The van der Waals surface area contributed by atoms with Crippen LogP contribution in [-0.4, -0.2) is 15.0 Å². The first-order valence-electron chi connectivity index (χ1n) is 18.9. The van der Waals surface area contributed by atoms with Crippen molar-refractivity contribution in [1.29, 1.82) is 0 Å². The predicted molar refractivity (Wildman–Crippen MR) is 233 cm³/mol. The highest BCUT2D eigenvalue weighted by Crippen LogP contribution is 2.41. The van der Waals surface area contributed by atoms with E-state index in [4.69, 9.17) is 15.0 Å². The zero-order valence-corrected chi connectivity index (χ0v) is 30.5. The van der Waals surface area contributed by atoms with E-state index in [1.54, 1.807) is 0 Å². The van der Waals surface area contributed by atoms with Gasteiger partial charge in [-0.15, -0.1) is 0 Å². The van der Waals surface area contributed by atoms with Gasteiger partial charge >= 0.3 is 0 Å². The molecule has 0 aliphatic rings. The lowest BCUT2D eigenvalue weighted by atomic mass is 9.91. The number of pyridine rings is 1. The van der Waals surface area contributed by atoms with Crippen LogP contribution < -0.4 is 0 Å². The summed E-state index contributed by atoms with van der Waals surface area (Å²) >= 11 is 0. The van der Waals surface area contributed by atoms with Crippen molar-refractivity contribution in [3.8, 4) is 78.5 Å². The van der Waals surface area contributed by atoms with E-state index in [-0.39, 0.29) is 0 Å². The third kappa shape index (κ3) is 6.31. The molecule has 0 saturated heterocycles. The molecule has 8 aromatic carbocycles. The van der Waals surface area contributed by atoms with Crippen molar-refractivity contribution in [2.24, 2.45) is 0 Å². The second kappa shape index (κ2) is 14.4. The third-order valence-corrected chi connectivity index (χ3v) is 10.5. The topological polar surface area (TPSA) is 38.7 Å². The fourth-order valence-corrected chi connectivity index (χ4v) is 7.69. The molecule has 0 spiro atoms. The lowest BCUT2D eigenvalue weighted by Gasteiger charge is -2.16. The zero-order chi connectivity index (χ0) is 37.3. The first-order chi connectivity index (χ1) is 27.7. The van der Waals surface area contributed by atoms with Gasteiger partial charge in [0.15, 0.2) is 5.82 Å². The van der Waals surface area contributed by atoms with Gasteiger partial charge in [0.25, 0.3) is 0 Å². The molecule has 0 N–H and O–H groups in total. The first-order valence-corrected chi connectivity index (χ1v) is 18.9. The molecule has 262 valence electrons. The molecule has 2 heterocycles. The Balaban J connectivity index is 1.20. The van der Waals surface area contributed by atoms with Crippen molar-refractivity contribution in [2.75, 3.05) is 0 Å². The minimum Gasteiger partial charge on any atom is -0.248 e. The van der Waals surface area contributed by atoms with Gasteiger partial charge in [-0.2, -0.15) is 0 Å². The van der Waals surface area contributed by atoms with Crippen molar-refractivity contribution < 1.29 is 0 Å². The molecule has 0 bridgehead atoms. The van der Waals surface area contributed by atoms with Crippen LogP contribution in [0.2, 0.25) is 0 Å². The summed E-state index contributed by atoms with van der Waals surface area (Å²) in [5.74, 6) is 0.671. The van der Waals surface area contributed by atoms with E-state index in [0.29, 0.717) is 5.82 Å². The maximum Gasteiger partial charge on any atom is 0.160 e. The van der Waals surface area contributed by atoms with Gasteiger partial charge in [0.2, 0.25) is 0 Å². The second-order valence-electron chi connectivity index (χ2n) is 14.0. The van der Waals surface area contributed by atoms with Crippen LogP contribution in [0.3, 0.4) is 0 Å². The Kier molecular flexibility index (Phi) is 8.51. The van der Waals surface area contributed by atoms with Crippen LogP contribution in [0.15, 0.2) is 212 Å². The van der Waals surface area contributed by atoms with E-state index in [1.165, 1.54) is 11.1 Å². The maximum atomic E-state index is 5.36. The number of benzene rings is 8. The molecule has 2 aromatic heterocycles. The van der Waals surface area contributed by atoms with Gasteiger partial charge in [-0.3, -0.25) is 0 Å². The van der Waals surface area contributed by atoms with Gasteiger partial charge in [-0.1, -0.05) is 194 Å². The molecule has 3 nitrogen and oxygen atoms in total. The van der Waals surface area contributed by atoms with Crippen molar-refractivity contribution in [3.63, 3.8) is 0 Å². The molecule has 0 aliphatic heterocycles. The van der Waals surface area contributed by atoms with E-state index >= 15 is 0 Å². The Labute approximate surface area is 326 Å². The molecule has 3 heteroatoms. The molecule has 10 aromatic rings. The normalized spacial score (nSPS) is 11.2. The number of hydrogen-bond acceptors (Lipinski definition) is 3. The minimum atomic E-state index is 0.671. The van der Waals surface area contributed by atoms with E-state index in [2.05, 4.69) is 194 Å². The van der Waals surface area contributed by atoms with Gasteiger partial charge in [-0.25, -0.2) is 15.0 Å². The standard InChI is InChI=1S/C53H35N3/c1-5-15-36(16-6-1)38-25-29-42(30-26-38)49-35-50(56-53(55-49)43-31-27-39(28-32-43)37-17-7-2-8-18-37)47-34-51-52(45-24-14-13-23-44(45)47)46(40-19-9-3-10-20-40)33-48(54-51)41-21-11-4-12-22-41/h1-35H. The van der Waals surface area contributed by atoms with E-state index in [0.717, 1.165) is 83.3 Å². The molecular weight excluding hydrogens is 679 g/mol. The molecule has 0 aliphatic carbocycles. The fourth-order valence-electron chi connectivity index (χ4n) is 7.69. The fraction of sp³-hybridized carbons (Fsp3) is 0. The molecule has 0 unspecified atom stereocenters. The quantitative estimate of drug-likeness (QED) is 0.154. The molecule has 0 saturated carbocycles. The summed E-state index contributed by atoms with van der Waals surface area (Å²) in [6.45, 7) is 0. The maximum absolute atomic E-state index is 5.36. The summed E-state index contributed by atoms with van der Waals surface area (Å²) in [4.78, 5) is 15.9. The van der Waals surface area contributed by atoms with Crippen molar-refractivity contribution in [1.82, 2.24) is 15.0 Å². The molecule has 0 atom stereocenters. The molecule has 0 amide bonds. The Morgan fingerprint density at radius 3 is 1.25 bits per heavy atom. The molecular formula is C53H35N3. The van der Waals surface area contributed by atoms with Crippen LogP contribution in [0, 0.1) is 0 Å². The van der Waals surface area contributed by atoms with Crippen molar-refractivity contribution in [3.05, 3.63) is 212 Å². The van der Waals surface area contributed by atoms with E-state index in [1.807, 2.05) is 18.2 Å². The van der Waals surface area contributed by atoms with Crippen LogP contribution in [0.1, 0.15) is 0 Å². The Morgan fingerprint density at radius 2 is 0.661 bits per heavy atom. The van der Waals surface area contributed by atoms with E-state index < -0.39 is 0 Å². The van der Waals surface area contributed by atoms with Gasteiger partial charge in [0.1, 0.15) is 0 Å². The van der Waals surface area contributed by atoms with Crippen LogP contribution in [-0.2, 0) is 0 Å². The molecule has 10 rings (SSSR count). The van der Waals surface area contributed by atoms with Gasteiger partial charge in [-0.05, 0) is 62.4 Å².